The zero-order valence-corrected chi connectivity index (χ0v) is 6.78. The number of carboxylic acid groups (broad SMARTS) is 1. The number of rotatable bonds is 4. The second-order valence-electron chi connectivity index (χ2n) is 2.12. The molecule has 0 heterocycles. The number of carboxylic acids is 1. The lowest BCUT2D eigenvalue weighted by molar-refractivity contribution is -0.146. The number of aliphatic hydroxyl groups excluding tert-OH is 1. The van der Waals surface area contributed by atoms with Crippen molar-refractivity contribution in [2.75, 3.05) is 13.1 Å². The Morgan fingerprint density at radius 2 is 2.08 bits per heavy atom. The maximum absolute atomic E-state index is 10.7. The van der Waals surface area contributed by atoms with Crippen molar-refractivity contribution in [3.05, 3.63) is 0 Å². The second kappa shape index (κ2) is 5.85. The summed E-state index contributed by atoms with van der Waals surface area (Å²) in [7, 11) is 0. The van der Waals surface area contributed by atoms with Gasteiger partial charge in [0.15, 0.2) is 6.10 Å². The molecule has 72 valence electrons. The van der Waals surface area contributed by atoms with Crippen LogP contribution in [-0.4, -0.2) is 41.4 Å². The predicted molar refractivity (Wildman–Crippen MR) is 43.9 cm³/mol. The van der Waals surface area contributed by atoms with Crippen LogP contribution in [0.5, 0.6) is 0 Å². The molecule has 0 aromatic carbocycles. The molecule has 1 atom stereocenters. The van der Waals surface area contributed by atoms with E-state index >= 15 is 0 Å². The van der Waals surface area contributed by atoms with Gasteiger partial charge in [0.2, 0.25) is 0 Å². The molecule has 0 bridgehead atoms. The lowest BCUT2D eigenvalue weighted by Crippen LogP contribution is -2.42. The minimum atomic E-state index is -1.60. The highest BCUT2D eigenvalue weighted by molar-refractivity contribution is 5.76. The Morgan fingerprint density at radius 3 is 2.54 bits per heavy atom. The molecular weight excluding hydrogens is 176 g/mol. The molecule has 0 saturated heterocycles. The van der Waals surface area contributed by atoms with E-state index < -0.39 is 18.1 Å². The fourth-order valence-corrected chi connectivity index (χ4v) is 0.470. The van der Waals surface area contributed by atoms with Crippen molar-refractivity contribution < 1.29 is 19.8 Å². The maximum atomic E-state index is 10.7. The summed E-state index contributed by atoms with van der Waals surface area (Å²) >= 11 is 0. The first kappa shape index (κ1) is 11.3. The normalized spacial score (nSPS) is 11.1. The molecule has 0 spiro atoms. The Balaban J connectivity index is 3.59. The minimum Gasteiger partial charge on any atom is -0.479 e. The molecule has 0 rings (SSSR count). The van der Waals surface area contributed by atoms with Crippen LogP contribution in [0, 0.1) is 12.3 Å². The Labute approximate surface area is 74.9 Å². The topological polar surface area (TPSA) is 98.7 Å². The van der Waals surface area contributed by atoms with Crippen molar-refractivity contribution in [2.24, 2.45) is 0 Å². The number of carbonyl (C=O) groups is 2. The van der Waals surface area contributed by atoms with Gasteiger partial charge < -0.3 is 20.8 Å². The quantitative estimate of drug-likeness (QED) is 0.396. The van der Waals surface area contributed by atoms with Gasteiger partial charge in [-0.2, -0.15) is 0 Å². The first-order valence-electron chi connectivity index (χ1n) is 3.44. The summed E-state index contributed by atoms with van der Waals surface area (Å²) in [5.41, 5.74) is 0. The first-order valence-corrected chi connectivity index (χ1v) is 3.44. The highest BCUT2D eigenvalue weighted by atomic mass is 16.4. The standard InChI is InChI=1S/C7H10N2O4/c1-2-3-8-7(13)9-4-5(10)6(11)12/h1,5,10H,3-4H2,(H,11,12)(H2,8,9,13)/t5-/m0/s1. The first-order chi connectivity index (χ1) is 6.07. The van der Waals surface area contributed by atoms with E-state index in [0.717, 1.165) is 0 Å². The smallest absolute Gasteiger partial charge is 0.334 e. The number of aliphatic carboxylic acids is 1. The molecule has 0 fully saturated rings. The Kier molecular flexibility index (Phi) is 5.07. The highest BCUT2D eigenvalue weighted by Crippen LogP contribution is 1.79. The number of carbonyl (C=O) groups excluding carboxylic acids is 1. The third kappa shape index (κ3) is 5.52. The van der Waals surface area contributed by atoms with Gasteiger partial charge in [0.05, 0.1) is 13.1 Å². The van der Waals surface area contributed by atoms with Crippen LogP contribution >= 0.6 is 0 Å². The number of hydrogen-bond donors (Lipinski definition) is 4. The van der Waals surface area contributed by atoms with E-state index in [0.29, 0.717) is 0 Å². The molecule has 0 aliphatic rings. The van der Waals surface area contributed by atoms with Crippen molar-refractivity contribution in [1.29, 1.82) is 0 Å². The van der Waals surface area contributed by atoms with Crippen molar-refractivity contribution in [3.63, 3.8) is 0 Å². The van der Waals surface area contributed by atoms with Crippen LogP contribution in [0.4, 0.5) is 4.79 Å². The highest BCUT2D eigenvalue weighted by Gasteiger charge is 2.13. The van der Waals surface area contributed by atoms with Gasteiger partial charge in [0.1, 0.15) is 0 Å². The van der Waals surface area contributed by atoms with Crippen LogP contribution in [0.15, 0.2) is 0 Å². The van der Waals surface area contributed by atoms with Gasteiger partial charge in [-0.15, -0.1) is 6.42 Å². The van der Waals surface area contributed by atoms with Crippen LogP contribution in [0.25, 0.3) is 0 Å². The molecule has 0 aliphatic carbocycles. The molecule has 0 saturated carbocycles. The zero-order chi connectivity index (χ0) is 10.3. The molecule has 6 heteroatoms. The summed E-state index contributed by atoms with van der Waals surface area (Å²) in [6, 6.07) is -0.613. The van der Waals surface area contributed by atoms with Crippen molar-refractivity contribution >= 4 is 12.0 Å². The molecule has 0 unspecified atom stereocenters. The van der Waals surface area contributed by atoms with Crippen LogP contribution in [0.3, 0.4) is 0 Å². The molecule has 6 nitrogen and oxygen atoms in total. The molecule has 4 N–H and O–H groups in total. The maximum Gasteiger partial charge on any atom is 0.334 e. The van der Waals surface area contributed by atoms with Gasteiger partial charge in [-0.25, -0.2) is 9.59 Å². The van der Waals surface area contributed by atoms with Gasteiger partial charge in [0, 0.05) is 0 Å². The number of nitrogens with one attached hydrogen (secondary N) is 2. The fraction of sp³-hybridized carbons (Fsp3) is 0.429. The Hall–Kier alpha value is -1.74. The molecule has 0 aliphatic heterocycles. The minimum absolute atomic E-state index is 0.0506. The van der Waals surface area contributed by atoms with E-state index in [4.69, 9.17) is 16.6 Å². The molecular formula is C7H10N2O4. The van der Waals surface area contributed by atoms with Gasteiger partial charge in [-0.3, -0.25) is 0 Å². The lowest BCUT2D eigenvalue weighted by Gasteiger charge is -2.07. The lowest BCUT2D eigenvalue weighted by atomic mass is 10.4. The predicted octanol–water partition coefficient (Wildman–Crippen LogP) is -1.64. The summed E-state index contributed by atoms with van der Waals surface area (Å²) in [5, 5.41) is 21.3. The van der Waals surface area contributed by atoms with E-state index in [2.05, 4.69) is 16.6 Å². The number of urea groups is 1. The average Bonchev–Trinajstić information content (AvgIpc) is 2.10. The molecule has 0 aromatic heterocycles. The van der Waals surface area contributed by atoms with E-state index in [-0.39, 0.29) is 13.1 Å². The van der Waals surface area contributed by atoms with E-state index in [1.165, 1.54) is 0 Å². The molecule has 2 amide bonds. The number of amides is 2. The van der Waals surface area contributed by atoms with E-state index in [1.54, 1.807) is 0 Å². The summed E-state index contributed by atoms with van der Waals surface area (Å²) < 4.78 is 0. The third-order valence-electron chi connectivity index (χ3n) is 1.09. The summed E-state index contributed by atoms with van der Waals surface area (Å²) in [6.07, 6.45) is 3.24. The van der Waals surface area contributed by atoms with Crippen molar-refractivity contribution in [1.82, 2.24) is 10.6 Å². The zero-order valence-electron chi connectivity index (χ0n) is 6.78. The summed E-state index contributed by atoms with van der Waals surface area (Å²) in [5.74, 6) is 0.767. The van der Waals surface area contributed by atoms with Crippen molar-refractivity contribution in [2.45, 2.75) is 6.10 Å². The van der Waals surface area contributed by atoms with E-state index in [1.807, 2.05) is 0 Å². The number of aliphatic hydroxyl groups is 1. The van der Waals surface area contributed by atoms with Crippen LogP contribution in [0.2, 0.25) is 0 Å². The fourth-order valence-electron chi connectivity index (χ4n) is 0.470. The monoisotopic (exact) mass is 186 g/mol. The largest absolute Gasteiger partial charge is 0.479 e. The van der Waals surface area contributed by atoms with Gasteiger partial charge in [-0.1, -0.05) is 5.92 Å². The van der Waals surface area contributed by atoms with Gasteiger partial charge in [-0.05, 0) is 0 Å². The second-order valence-corrected chi connectivity index (χ2v) is 2.12. The van der Waals surface area contributed by atoms with Gasteiger partial charge >= 0.3 is 12.0 Å². The molecule has 0 radical (unpaired) electrons. The Bertz CT molecular complexity index is 233. The number of terminal acetylenes is 1. The Morgan fingerprint density at radius 1 is 1.46 bits per heavy atom. The summed E-state index contributed by atoms with van der Waals surface area (Å²) in [4.78, 5) is 20.8. The van der Waals surface area contributed by atoms with Crippen LogP contribution in [-0.2, 0) is 4.79 Å². The van der Waals surface area contributed by atoms with Gasteiger partial charge in [0.25, 0.3) is 0 Å². The molecule has 0 aromatic rings. The summed E-state index contributed by atoms with van der Waals surface area (Å²) in [6.45, 7) is -0.305. The van der Waals surface area contributed by atoms with Crippen LogP contribution in [0.1, 0.15) is 0 Å². The van der Waals surface area contributed by atoms with E-state index in [9.17, 15) is 9.59 Å². The third-order valence-corrected chi connectivity index (χ3v) is 1.09. The SMILES string of the molecule is C#CCNC(=O)NC[C@H](O)C(=O)O. The van der Waals surface area contributed by atoms with Crippen molar-refractivity contribution in [3.8, 4) is 12.3 Å². The van der Waals surface area contributed by atoms with Crippen LogP contribution < -0.4 is 10.6 Å². The molecule has 13 heavy (non-hydrogen) atoms. The number of hydrogen-bond acceptors (Lipinski definition) is 3. The average molecular weight is 186 g/mol.